The van der Waals surface area contributed by atoms with Crippen LogP contribution in [0.25, 0.3) is 5.95 Å². The lowest BCUT2D eigenvalue weighted by Gasteiger charge is -2.06. The Labute approximate surface area is 111 Å². The zero-order valence-electron chi connectivity index (χ0n) is 10.7. The summed E-state index contributed by atoms with van der Waals surface area (Å²) >= 11 is 5.99. The predicted molar refractivity (Wildman–Crippen MR) is 71.0 cm³/mol. The standard InChI is InChI=1S/C12H16ClN5/c1-4-14-6-10-5-8(2)15-12(16-10)18-7-11(13)9(3)17-18/h5,7,14H,4,6H2,1-3H3. The molecule has 0 spiro atoms. The number of halogens is 1. The summed E-state index contributed by atoms with van der Waals surface area (Å²) in [7, 11) is 0. The summed E-state index contributed by atoms with van der Waals surface area (Å²) in [5, 5.41) is 8.14. The maximum atomic E-state index is 5.99. The van der Waals surface area contributed by atoms with Gasteiger partial charge in [-0.25, -0.2) is 14.6 Å². The highest BCUT2D eigenvalue weighted by Crippen LogP contribution is 2.14. The second-order valence-electron chi connectivity index (χ2n) is 4.09. The van der Waals surface area contributed by atoms with Crippen molar-refractivity contribution < 1.29 is 0 Å². The van der Waals surface area contributed by atoms with E-state index in [-0.39, 0.29) is 0 Å². The minimum atomic E-state index is 0.554. The fourth-order valence-corrected chi connectivity index (χ4v) is 1.73. The number of hydrogen-bond acceptors (Lipinski definition) is 4. The van der Waals surface area contributed by atoms with Gasteiger partial charge < -0.3 is 5.32 Å². The summed E-state index contributed by atoms with van der Waals surface area (Å²) < 4.78 is 1.61. The van der Waals surface area contributed by atoms with Crippen molar-refractivity contribution in [2.45, 2.75) is 27.3 Å². The van der Waals surface area contributed by atoms with Gasteiger partial charge in [-0.1, -0.05) is 18.5 Å². The Morgan fingerprint density at radius 3 is 2.72 bits per heavy atom. The molecule has 0 aromatic carbocycles. The number of nitrogens with one attached hydrogen (secondary N) is 1. The first-order valence-corrected chi connectivity index (χ1v) is 6.25. The Bertz CT molecular complexity index is 530. The average Bonchev–Trinajstić information content (AvgIpc) is 2.66. The zero-order chi connectivity index (χ0) is 13.1. The lowest BCUT2D eigenvalue weighted by Crippen LogP contribution is -2.15. The van der Waals surface area contributed by atoms with E-state index in [1.165, 1.54) is 0 Å². The van der Waals surface area contributed by atoms with E-state index in [0.29, 0.717) is 11.0 Å². The van der Waals surface area contributed by atoms with Gasteiger partial charge in [0.25, 0.3) is 5.95 Å². The van der Waals surface area contributed by atoms with E-state index >= 15 is 0 Å². The summed E-state index contributed by atoms with van der Waals surface area (Å²) in [6.45, 7) is 7.49. The molecule has 2 aromatic heterocycles. The molecule has 0 fully saturated rings. The molecule has 0 aliphatic rings. The first-order valence-electron chi connectivity index (χ1n) is 5.87. The van der Waals surface area contributed by atoms with Gasteiger partial charge in [0.1, 0.15) is 0 Å². The van der Waals surface area contributed by atoms with Gasteiger partial charge in [-0.3, -0.25) is 0 Å². The Hall–Kier alpha value is -1.46. The third-order valence-corrected chi connectivity index (χ3v) is 2.87. The van der Waals surface area contributed by atoms with E-state index in [0.717, 1.165) is 30.2 Å². The number of hydrogen-bond donors (Lipinski definition) is 1. The van der Waals surface area contributed by atoms with Gasteiger partial charge in [0.2, 0.25) is 0 Å². The van der Waals surface area contributed by atoms with Crippen molar-refractivity contribution in [2.75, 3.05) is 6.54 Å². The normalized spacial score (nSPS) is 10.9. The molecule has 2 rings (SSSR count). The minimum Gasteiger partial charge on any atom is -0.311 e. The zero-order valence-corrected chi connectivity index (χ0v) is 11.5. The van der Waals surface area contributed by atoms with Gasteiger partial charge in [0, 0.05) is 12.2 Å². The van der Waals surface area contributed by atoms with Gasteiger partial charge in [0.05, 0.1) is 22.6 Å². The number of nitrogens with zero attached hydrogens (tertiary/aromatic N) is 4. The van der Waals surface area contributed by atoms with Crippen molar-refractivity contribution in [3.63, 3.8) is 0 Å². The highest BCUT2D eigenvalue weighted by Gasteiger charge is 2.08. The third kappa shape index (κ3) is 2.86. The predicted octanol–water partition coefficient (Wildman–Crippen LogP) is 2.04. The average molecular weight is 266 g/mol. The van der Waals surface area contributed by atoms with Crippen molar-refractivity contribution in [3.8, 4) is 5.95 Å². The Morgan fingerprint density at radius 2 is 2.11 bits per heavy atom. The van der Waals surface area contributed by atoms with Crippen LogP contribution in [0.5, 0.6) is 0 Å². The number of rotatable bonds is 4. The van der Waals surface area contributed by atoms with E-state index in [9.17, 15) is 0 Å². The minimum absolute atomic E-state index is 0.554. The Kier molecular flexibility index (Phi) is 3.93. The molecule has 1 N–H and O–H groups in total. The van der Waals surface area contributed by atoms with Crippen LogP contribution in [-0.2, 0) is 6.54 Å². The van der Waals surface area contributed by atoms with Crippen LogP contribution in [0.15, 0.2) is 12.3 Å². The van der Waals surface area contributed by atoms with Crippen LogP contribution >= 0.6 is 11.6 Å². The van der Waals surface area contributed by atoms with Crippen molar-refractivity contribution in [2.24, 2.45) is 0 Å². The molecular formula is C12H16ClN5. The summed E-state index contributed by atoms with van der Waals surface area (Å²) in [5.41, 5.74) is 2.64. The largest absolute Gasteiger partial charge is 0.311 e. The Morgan fingerprint density at radius 1 is 1.33 bits per heavy atom. The van der Waals surface area contributed by atoms with Crippen LogP contribution in [0, 0.1) is 13.8 Å². The maximum absolute atomic E-state index is 5.99. The molecule has 18 heavy (non-hydrogen) atoms. The fourth-order valence-electron chi connectivity index (χ4n) is 1.60. The van der Waals surface area contributed by atoms with Crippen molar-refractivity contribution in [3.05, 3.63) is 34.4 Å². The quantitative estimate of drug-likeness (QED) is 0.919. The third-order valence-electron chi connectivity index (χ3n) is 2.50. The fraction of sp³-hybridized carbons (Fsp3) is 0.417. The van der Waals surface area contributed by atoms with Crippen LogP contribution in [0.2, 0.25) is 5.02 Å². The maximum Gasteiger partial charge on any atom is 0.251 e. The van der Waals surface area contributed by atoms with Gasteiger partial charge in [-0.15, -0.1) is 0 Å². The van der Waals surface area contributed by atoms with Crippen molar-refractivity contribution in [1.82, 2.24) is 25.1 Å². The van der Waals surface area contributed by atoms with E-state index in [1.807, 2.05) is 19.9 Å². The van der Waals surface area contributed by atoms with Crippen LogP contribution in [0.1, 0.15) is 24.0 Å². The molecule has 2 heterocycles. The molecule has 0 aliphatic heterocycles. The molecule has 0 saturated heterocycles. The second-order valence-corrected chi connectivity index (χ2v) is 4.50. The smallest absolute Gasteiger partial charge is 0.251 e. The molecule has 5 nitrogen and oxygen atoms in total. The van der Waals surface area contributed by atoms with Gasteiger partial charge >= 0.3 is 0 Å². The summed E-state index contributed by atoms with van der Waals surface area (Å²) in [5.74, 6) is 0.554. The van der Waals surface area contributed by atoms with E-state index in [4.69, 9.17) is 11.6 Å². The van der Waals surface area contributed by atoms with Crippen LogP contribution < -0.4 is 5.32 Å². The van der Waals surface area contributed by atoms with Crippen LogP contribution in [-0.4, -0.2) is 26.3 Å². The molecule has 0 amide bonds. The van der Waals surface area contributed by atoms with Crippen LogP contribution in [0.3, 0.4) is 0 Å². The lowest BCUT2D eigenvalue weighted by atomic mass is 10.3. The number of aromatic nitrogens is 4. The summed E-state index contributed by atoms with van der Waals surface area (Å²) in [4.78, 5) is 8.83. The summed E-state index contributed by atoms with van der Waals surface area (Å²) in [6.07, 6.45) is 1.72. The second kappa shape index (κ2) is 5.46. The molecule has 0 radical (unpaired) electrons. The topological polar surface area (TPSA) is 55.6 Å². The lowest BCUT2D eigenvalue weighted by molar-refractivity contribution is 0.694. The van der Waals surface area contributed by atoms with Crippen molar-refractivity contribution in [1.29, 1.82) is 0 Å². The first-order chi connectivity index (χ1) is 8.60. The molecule has 6 heteroatoms. The SMILES string of the molecule is CCNCc1cc(C)nc(-n2cc(Cl)c(C)n2)n1. The molecule has 0 saturated carbocycles. The van der Waals surface area contributed by atoms with E-state index in [1.54, 1.807) is 10.9 Å². The molecule has 0 aliphatic carbocycles. The monoisotopic (exact) mass is 265 g/mol. The van der Waals surface area contributed by atoms with Gasteiger partial charge in [-0.05, 0) is 26.5 Å². The molecule has 0 bridgehead atoms. The molecule has 96 valence electrons. The van der Waals surface area contributed by atoms with E-state index < -0.39 is 0 Å². The number of aryl methyl sites for hydroxylation is 2. The van der Waals surface area contributed by atoms with Gasteiger partial charge in [0.15, 0.2) is 0 Å². The molecular weight excluding hydrogens is 250 g/mol. The molecule has 2 aromatic rings. The van der Waals surface area contributed by atoms with Gasteiger partial charge in [-0.2, -0.15) is 5.10 Å². The molecule has 0 atom stereocenters. The highest BCUT2D eigenvalue weighted by molar-refractivity contribution is 6.31. The summed E-state index contributed by atoms with van der Waals surface area (Å²) in [6, 6.07) is 1.96. The first kappa shape index (κ1) is 13.0. The Balaban J connectivity index is 2.35. The molecule has 0 unspecified atom stereocenters. The van der Waals surface area contributed by atoms with Crippen LogP contribution in [0.4, 0.5) is 0 Å². The van der Waals surface area contributed by atoms with Crippen molar-refractivity contribution >= 4 is 11.6 Å². The highest BCUT2D eigenvalue weighted by atomic mass is 35.5. The van der Waals surface area contributed by atoms with E-state index in [2.05, 4.69) is 27.3 Å².